The first kappa shape index (κ1) is 6.09. The maximum atomic E-state index is 4.07. The van der Waals surface area contributed by atoms with Crippen molar-refractivity contribution in [1.82, 2.24) is 14.5 Å². The lowest BCUT2D eigenvalue weighted by molar-refractivity contribution is 0.935. The molecule has 0 aliphatic rings. The Bertz CT molecular complexity index is 312. The molecule has 0 unspecified atom stereocenters. The third-order valence-corrected chi connectivity index (χ3v) is 1.39. The summed E-state index contributed by atoms with van der Waals surface area (Å²) in [5.41, 5.74) is 0. The summed E-state index contributed by atoms with van der Waals surface area (Å²) >= 11 is 0. The summed E-state index contributed by atoms with van der Waals surface area (Å²) in [5.74, 6) is 0.706. The second-order valence-corrected chi connectivity index (χ2v) is 2.14. The van der Waals surface area contributed by atoms with Crippen LogP contribution in [0.1, 0.15) is 0 Å². The van der Waals surface area contributed by atoms with Gasteiger partial charge in [-0.05, 0) is 18.2 Å². The minimum absolute atomic E-state index is 0.706. The first-order valence-corrected chi connectivity index (χ1v) is 3.37. The van der Waals surface area contributed by atoms with Crippen molar-refractivity contribution in [2.24, 2.45) is 0 Å². The molecule has 3 heteroatoms. The summed E-state index contributed by atoms with van der Waals surface area (Å²) in [4.78, 5) is 8.15. The SMILES string of the molecule is c1cnc(-n2cccc2)nc1. The van der Waals surface area contributed by atoms with E-state index in [4.69, 9.17) is 0 Å². The summed E-state index contributed by atoms with van der Waals surface area (Å²) in [6.45, 7) is 0. The minimum Gasteiger partial charge on any atom is -0.293 e. The van der Waals surface area contributed by atoms with Gasteiger partial charge >= 0.3 is 0 Å². The van der Waals surface area contributed by atoms with Crippen LogP contribution in [0.4, 0.5) is 0 Å². The molecule has 0 saturated heterocycles. The van der Waals surface area contributed by atoms with Crippen LogP contribution in [0.15, 0.2) is 43.0 Å². The predicted molar refractivity (Wildman–Crippen MR) is 41.4 cm³/mol. The Morgan fingerprint density at radius 1 is 0.909 bits per heavy atom. The molecule has 0 bridgehead atoms. The van der Waals surface area contributed by atoms with Crippen LogP contribution in [0.2, 0.25) is 0 Å². The topological polar surface area (TPSA) is 30.7 Å². The van der Waals surface area contributed by atoms with Gasteiger partial charge in [0.2, 0.25) is 5.95 Å². The van der Waals surface area contributed by atoms with Gasteiger partial charge in [-0.15, -0.1) is 0 Å². The summed E-state index contributed by atoms with van der Waals surface area (Å²) in [6.07, 6.45) is 7.27. The van der Waals surface area contributed by atoms with Crippen LogP contribution in [-0.4, -0.2) is 14.5 Å². The van der Waals surface area contributed by atoms with E-state index in [1.54, 1.807) is 18.5 Å². The molecule has 54 valence electrons. The largest absolute Gasteiger partial charge is 0.293 e. The fourth-order valence-electron chi connectivity index (χ4n) is 0.892. The van der Waals surface area contributed by atoms with E-state index in [9.17, 15) is 0 Å². The zero-order valence-electron chi connectivity index (χ0n) is 5.88. The van der Waals surface area contributed by atoms with Crippen LogP contribution in [0.3, 0.4) is 0 Å². The summed E-state index contributed by atoms with van der Waals surface area (Å²) in [7, 11) is 0. The van der Waals surface area contributed by atoms with Crippen LogP contribution >= 0.6 is 0 Å². The van der Waals surface area contributed by atoms with Gasteiger partial charge in [0.05, 0.1) is 0 Å². The van der Waals surface area contributed by atoms with E-state index in [2.05, 4.69) is 9.97 Å². The third-order valence-electron chi connectivity index (χ3n) is 1.39. The van der Waals surface area contributed by atoms with Crippen molar-refractivity contribution in [1.29, 1.82) is 0 Å². The normalized spacial score (nSPS) is 9.82. The Kier molecular flexibility index (Phi) is 1.41. The average Bonchev–Trinajstić information content (AvgIpc) is 2.58. The maximum absolute atomic E-state index is 4.07. The quantitative estimate of drug-likeness (QED) is 0.605. The average molecular weight is 145 g/mol. The molecule has 2 aromatic heterocycles. The molecule has 0 N–H and O–H groups in total. The number of nitrogens with zero attached hydrogens (tertiary/aromatic N) is 3. The van der Waals surface area contributed by atoms with Gasteiger partial charge in [-0.25, -0.2) is 9.97 Å². The smallest absolute Gasteiger partial charge is 0.233 e. The molecule has 0 amide bonds. The second-order valence-electron chi connectivity index (χ2n) is 2.14. The van der Waals surface area contributed by atoms with Gasteiger partial charge in [-0.3, -0.25) is 4.57 Å². The van der Waals surface area contributed by atoms with E-state index < -0.39 is 0 Å². The molecule has 0 spiro atoms. The van der Waals surface area contributed by atoms with Crippen molar-refractivity contribution in [3.8, 4) is 5.95 Å². The Morgan fingerprint density at radius 2 is 1.55 bits per heavy atom. The maximum Gasteiger partial charge on any atom is 0.233 e. The Labute approximate surface area is 64.3 Å². The standard InChI is InChI=1S/C8H7N3/c1-2-7-11(6-1)8-9-4-3-5-10-8/h1-7H. The fraction of sp³-hybridized carbons (Fsp3) is 0. The lowest BCUT2D eigenvalue weighted by Crippen LogP contribution is -1.95. The van der Waals surface area contributed by atoms with Crippen molar-refractivity contribution in [2.45, 2.75) is 0 Å². The van der Waals surface area contributed by atoms with Crippen molar-refractivity contribution in [3.05, 3.63) is 43.0 Å². The van der Waals surface area contributed by atoms with Gasteiger partial charge in [0.1, 0.15) is 0 Å². The van der Waals surface area contributed by atoms with Crippen LogP contribution in [0.25, 0.3) is 5.95 Å². The molecule has 0 radical (unpaired) electrons. The Balaban J connectivity index is 2.46. The van der Waals surface area contributed by atoms with Gasteiger partial charge in [0, 0.05) is 24.8 Å². The number of hydrogen-bond donors (Lipinski definition) is 0. The first-order chi connectivity index (χ1) is 5.47. The molecule has 2 aromatic rings. The van der Waals surface area contributed by atoms with Crippen molar-refractivity contribution in [2.75, 3.05) is 0 Å². The van der Waals surface area contributed by atoms with Gasteiger partial charge in [0.25, 0.3) is 0 Å². The number of hydrogen-bond acceptors (Lipinski definition) is 2. The molecule has 0 atom stereocenters. The van der Waals surface area contributed by atoms with Crippen molar-refractivity contribution in [3.63, 3.8) is 0 Å². The zero-order valence-corrected chi connectivity index (χ0v) is 5.88. The van der Waals surface area contributed by atoms with E-state index in [1.807, 2.05) is 29.1 Å². The molecular formula is C8H7N3. The number of rotatable bonds is 1. The van der Waals surface area contributed by atoms with Crippen molar-refractivity contribution >= 4 is 0 Å². The summed E-state index contributed by atoms with van der Waals surface area (Å²) in [5, 5.41) is 0. The molecular weight excluding hydrogens is 138 g/mol. The second kappa shape index (κ2) is 2.54. The van der Waals surface area contributed by atoms with Crippen LogP contribution in [0.5, 0.6) is 0 Å². The molecule has 0 aromatic carbocycles. The lowest BCUT2D eigenvalue weighted by Gasteiger charge is -1.96. The first-order valence-electron chi connectivity index (χ1n) is 3.37. The molecule has 0 aliphatic carbocycles. The number of aromatic nitrogens is 3. The van der Waals surface area contributed by atoms with Crippen LogP contribution in [0, 0.1) is 0 Å². The van der Waals surface area contributed by atoms with E-state index in [0.29, 0.717) is 5.95 Å². The minimum atomic E-state index is 0.706. The highest BCUT2D eigenvalue weighted by molar-refractivity contribution is 5.12. The Morgan fingerprint density at radius 3 is 2.18 bits per heavy atom. The zero-order chi connectivity index (χ0) is 7.52. The molecule has 3 nitrogen and oxygen atoms in total. The fourth-order valence-corrected chi connectivity index (χ4v) is 0.892. The Hall–Kier alpha value is -1.64. The predicted octanol–water partition coefficient (Wildman–Crippen LogP) is 1.27. The van der Waals surface area contributed by atoms with E-state index in [0.717, 1.165) is 0 Å². The monoisotopic (exact) mass is 145 g/mol. The van der Waals surface area contributed by atoms with Gasteiger partial charge in [-0.1, -0.05) is 0 Å². The van der Waals surface area contributed by atoms with Gasteiger partial charge in [0.15, 0.2) is 0 Å². The third kappa shape index (κ3) is 1.12. The highest BCUT2D eigenvalue weighted by Gasteiger charge is 1.92. The van der Waals surface area contributed by atoms with E-state index in [-0.39, 0.29) is 0 Å². The molecule has 0 fully saturated rings. The van der Waals surface area contributed by atoms with Crippen LogP contribution < -0.4 is 0 Å². The molecule has 11 heavy (non-hydrogen) atoms. The molecule has 0 saturated carbocycles. The molecule has 2 heterocycles. The summed E-state index contributed by atoms with van der Waals surface area (Å²) < 4.78 is 1.86. The highest BCUT2D eigenvalue weighted by atomic mass is 15.1. The molecule has 0 aliphatic heterocycles. The van der Waals surface area contributed by atoms with Crippen LogP contribution in [-0.2, 0) is 0 Å². The van der Waals surface area contributed by atoms with E-state index in [1.165, 1.54) is 0 Å². The highest BCUT2D eigenvalue weighted by Crippen LogP contribution is 1.97. The van der Waals surface area contributed by atoms with Gasteiger partial charge in [-0.2, -0.15) is 0 Å². The van der Waals surface area contributed by atoms with Crippen molar-refractivity contribution < 1.29 is 0 Å². The van der Waals surface area contributed by atoms with Gasteiger partial charge < -0.3 is 0 Å². The van der Waals surface area contributed by atoms with E-state index >= 15 is 0 Å². The summed E-state index contributed by atoms with van der Waals surface area (Å²) in [6, 6.07) is 5.68. The lowest BCUT2D eigenvalue weighted by atomic mass is 10.7. The molecule has 2 rings (SSSR count).